The van der Waals surface area contributed by atoms with Crippen molar-refractivity contribution in [2.24, 2.45) is 0 Å². The Kier molecular flexibility index (Phi) is 3.57. The molecule has 0 saturated carbocycles. The third-order valence-electron chi connectivity index (χ3n) is 2.72. The molecule has 0 radical (unpaired) electrons. The SMILES string of the molecule is N#Cc1ccc(Cn2cccc([N+](=O)[O-])c2=O)c(F)c1. The van der Waals surface area contributed by atoms with Gasteiger partial charge in [-0.25, -0.2) is 4.39 Å². The summed E-state index contributed by atoms with van der Waals surface area (Å²) in [4.78, 5) is 21.7. The Morgan fingerprint density at radius 1 is 1.40 bits per heavy atom. The van der Waals surface area contributed by atoms with Crippen molar-refractivity contribution in [3.8, 4) is 6.07 Å². The summed E-state index contributed by atoms with van der Waals surface area (Å²) in [5.74, 6) is -0.637. The van der Waals surface area contributed by atoms with Gasteiger partial charge in [0.25, 0.3) is 0 Å². The summed E-state index contributed by atoms with van der Waals surface area (Å²) in [6.45, 7) is -0.141. The van der Waals surface area contributed by atoms with Crippen LogP contribution in [0.4, 0.5) is 10.1 Å². The number of benzene rings is 1. The summed E-state index contributed by atoms with van der Waals surface area (Å²) in [5, 5.41) is 19.3. The quantitative estimate of drug-likeness (QED) is 0.630. The number of halogens is 1. The van der Waals surface area contributed by atoms with E-state index in [9.17, 15) is 19.3 Å². The van der Waals surface area contributed by atoms with Gasteiger partial charge in [0.1, 0.15) is 5.82 Å². The van der Waals surface area contributed by atoms with E-state index in [1.54, 1.807) is 6.07 Å². The van der Waals surface area contributed by atoms with E-state index < -0.39 is 22.0 Å². The molecular formula is C13H8FN3O3. The molecule has 0 atom stereocenters. The van der Waals surface area contributed by atoms with Crippen LogP contribution in [0.15, 0.2) is 41.3 Å². The van der Waals surface area contributed by atoms with E-state index in [4.69, 9.17) is 5.26 Å². The zero-order valence-corrected chi connectivity index (χ0v) is 10.1. The maximum Gasteiger partial charge on any atom is 0.334 e. The van der Waals surface area contributed by atoms with Crippen LogP contribution in [0.3, 0.4) is 0 Å². The fourth-order valence-electron chi connectivity index (χ4n) is 1.72. The fraction of sp³-hybridized carbons (Fsp3) is 0.0769. The van der Waals surface area contributed by atoms with Crippen molar-refractivity contribution in [2.75, 3.05) is 0 Å². The Bertz CT molecular complexity index is 777. The largest absolute Gasteiger partial charge is 0.334 e. The molecule has 20 heavy (non-hydrogen) atoms. The molecule has 100 valence electrons. The molecule has 0 unspecified atom stereocenters. The first-order valence-electron chi connectivity index (χ1n) is 5.55. The summed E-state index contributed by atoms with van der Waals surface area (Å²) in [6, 6.07) is 8.08. The molecule has 0 spiro atoms. The summed E-state index contributed by atoms with van der Waals surface area (Å²) in [5.41, 5.74) is -1.04. The molecule has 0 aliphatic carbocycles. The van der Waals surface area contributed by atoms with Crippen molar-refractivity contribution in [3.63, 3.8) is 0 Å². The lowest BCUT2D eigenvalue weighted by Gasteiger charge is -2.06. The number of hydrogen-bond donors (Lipinski definition) is 0. The first kappa shape index (κ1) is 13.4. The van der Waals surface area contributed by atoms with E-state index in [0.29, 0.717) is 0 Å². The third kappa shape index (κ3) is 2.54. The predicted octanol–water partition coefficient (Wildman–Crippen LogP) is 1.82. The monoisotopic (exact) mass is 273 g/mol. The molecule has 0 saturated heterocycles. The normalized spacial score (nSPS) is 10.0. The van der Waals surface area contributed by atoms with E-state index in [1.807, 2.05) is 0 Å². The molecule has 2 aromatic rings. The van der Waals surface area contributed by atoms with Gasteiger partial charge in [0, 0.05) is 17.8 Å². The highest BCUT2D eigenvalue weighted by molar-refractivity contribution is 5.33. The van der Waals surface area contributed by atoms with Crippen LogP contribution in [0.2, 0.25) is 0 Å². The lowest BCUT2D eigenvalue weighted by Crippen LogP contribution is -2.22. The van der Waals surface area contributed by atoms with Crippen molar-refractivity contribution in [1.29, 1.82) is 5.26 Å². The van der Waals surface area contributed by atoms with Crippen molar-refractivity contribution in [3.05, 3.63) is 73.9 Å². The highest BCUT2D eigenvalue weighted by Crippen LogP contribution is 2.11. The zero-order chi connectivity index (χ0) is 14.7. The zero-order valence-electron chi connectivity index (χ0n) is 10.1. The molecule has 1 aromatic carbocycles. The van der Waals surface area contributed by atoms with Crippen LogP contribution >= 0.6 is 0 Å². The third-order valence-corrected chi connectivity index (χ3v) is 2.72. The molecule has 0 aliphatic rings. The van der Waals surface area contributed by atoms with Crippen molar-refractivity contribution in [2.45, 2.75) is 6.54 Å². The molecule has 2 rings (SSSR count). The maximum atomic E-state index is 13.7. The number of hydrogen-bond acceptors (Lipinski definition) is 4. The average molecular weight is 273 g/mol. The van der Waals surface area contributed by atoms with Crippen LogP contribution in [-0.2, 0) is 6.54 Å². The summed E-state index contributed by atoms with van der Waals surface area (Å²) < 4.78 is 14.8. The van der Waals surface area contributed by atoms with Crippen LogP contribution in [-0.4, -0.2) is 9.49 Å². The standard InChI is InChI=1S/C13H8FN3O3/c14-11-6-9(7-15)3-4-10(11)8-16-5-1-2-12(13(16)18)17(19)20/h1-6H,8H2. The molecule has 0 fully saturated rings. The minimum absolute atomic E-state index is 0.141. The number of nitro groups is 1. The van der Waals surface area contributed by atoms with E-state index in [2.05, 4.69) is 0 Å². The molecular weight excluding hydrogens is 265 g/mol. The molecule has 0 aliphatic heterocycles. The number of nitrogens with zero attached hydrogens (tertiary/aromatic N) is 3. The first-order valence-corrected chi connectivity index (χ1v) is 5.55. The molecule has 6 nitrogen and oxygen atoms in total. The minimum Gasteiger partial charge on any atom is -0.305 e. The smallest absolute Gasteiger partial charge is 0.305 e. The predicted molar refractivity (Wildman–Crippen MR) is 67.6 cm³/mol. The van der Waals surface area contributed by atoms with Crippen LogP contribution in [0.25, 0.3) is 0 Å². The van der Waals surface area contributed by atoms with Crippen LogP contribution < -0.4 is 5.56 Å². The number of pyridine rings is 1. The molecule has 1 heterocycles. The van der Waals surface area contributed by atoms with Gasteiger partial charge in [-0.15, -0.1) is 0 Å². The van der Waals surface area contributed by atoms with Gasteiger partial charge in [0.2, 0.25) is 0 Å². The Morgan fingerprint density at radius 3 is 2.75 bits per heavy atom. The van der Waals surface area contributed by atoms with E-state index in [-0.39, 0.29) is 17.7 Å². The highest BCUT2D eigenvalue weighted by Gasteiger charge is 2.14. The Hall–Kier alpha value is -3.01. The average Bonchev–Trinajstić information content (AvgIpc) is 2.42. The summed E-state index contributed by atoms with van der Waals surface area (Å²) in [7, 11) is 0. The topological polar surface area (TPSA) is 88.9 Å². The van der Waals surface area contributed by atoms with E-state index in [1.165, 1.54) is 24.4 Å². The van der Waals surface area contributed by atoms with Gasteiger partial charge in [0.15, 0.2) is 0 Å². The lowest BCUT2D eigenvalue weighted by molar-refractivity contribution is -0.386. The molecule has 0 N–H and O–H groups in total. The highest BCUT2D eigenvalue weighted by atomic mass is 19.1. The maximum absolute atomic E-state index is 13.7. The van der Waals surface area contributed by atoms with Crippen molar-refractivity contribution >= 4 is 5.69 Å². The number of nitriles is 1. The molecule has 0 bridgehead atoms. The van der Waals surface area contributed by atoms with Gasteiger partial charge >= 0.3 is 11.2 Å². The summed E-state index contributed by atoms with van der Waals surface area (Å²) in [6.07, 6.45) is 1.34. The summed E-state index contributed by atoms with van der Waals surface area (Å²) >= 11 is 0. The first-order chi connectivity index (χ1) is 9.52. The van der Waals surface area contributed by atoms with Gasteiger partial charge in [0.05, 0.1) is 23.1 Å². The van der Waals surface area contributed by atoms with Crippen molar-refractivity contribution in [1.82, 2.24) is 4.57 Å². The second-order valence-corrected chi connectivity index (χ2v) is 4.00. The van der Waals surface area contributed by atoms with E-state index in [0.717, 1.165) is 16.7 Å². The van der Waals surface area contributed by atoms with Gasteiger partial charge < -0.3 is 4.57 Å². The molecule has 0 amide bonds. The molecule has 7 heteroatoms. The van der Waals surface area contributed by atoms with Crippen LogP contribution in [0, 0.1) is 27.3 Å². The van der Waals surface area contributed by atoms with Gasteiger partial charge in [-0.3, -0.25) is 14.9 Å². The Labute approximate surface area is 112 Å². The van der Waals surface area contributed by atoms with Crippen LogP contribution in [0.1, 0.15) is 11.1 Å². The second kappa shape index (κ2) is 5.32. The van der Waals surface area contributed by atoms with Crippen molar-refractivity contribution < 1.29 is 9.31 Å². The molecule has 1 aromatic heterocycles. The lowest BCUT2D eigenvalue weighted by atomic mass is 10.1. The van der Waals surface area contributed by atoms with Gasteiger partial charge in [-0.1, -0.05) is 6.07 Å². The number of rotatable bonds is 3. The van der Waals surface area contributed by atoms with Crippen LogP contribution in [0.5, 0.6) is 0 Å². The minimum atomic E-state index is -0.804. The number of aromatic nitrogens is 1. The fourth-order valence-corrected chi connectivity index (χ4v) is 1.72. The van der Waals surface area contributed by atoms with Gasteiger partial charge in [-0.05, 0) is 18.2 Å². The Morgan fingerprint density at radius 2 is 2.15 bits per heavy atom. The van der Waals surface area contributed by atoms with E-state index >= 15 is 0 Å². The second-order valence-electron chi connectivity index (χ2n) is 4.00. The van der Waals surface area contributed by atoms with Gasteiger partial charge in [-0.2, -0.15) is 5.26 Å². The Balaban J connectivity index is 2.41.